The third-order valence-corrected chi connectivity index (χ3v) is 22.3. The highest BCUT2D eigenvalue weighted by molar-refractivity contribution is 7.47. The number of aliphatic hydroxyl groups is 1. The molecule has 6 atom stereocenters. The predicted octanol–water partition coefficient (Wildman–Crippen LogP) is 25.9. The van der Waals surface area contributed by atoms with Crippen LogP contribution in [0.15, 0.2) is 0 Å². The Kier molecular flexibility index (Phi) is 73.4. The molecule has 0 aromatic rings. The second kappa shape index (κ2) is 74.8. The van der Waals surface area contributed by atoms with Crippen LogP contribution in [0, 0.1) is 23.7 Å². The second-order valence-corrected chi connectivity index (χ2v) is 35.5. The third kappa shape index (κ3) is 78.5. The lowest BCUT2D eigenvalue weighted by molar-refractivity contribution is -0.161. The molecule has 0 aliphatic carbocycles. The lowest BCUT2D eigenvalue weighted by atomic mass is 9.99. The molecule has 0 saturated heterocycles. The van der Waals surface area contributed by atoms with E-state index in [0.29, 0.717) is 25.7 Å². The summed E-state index contributed by atoms with van der Waals surface area (Å²) in [6.07, 6.45) is 63.8. The number of carbonyl (C=O) groups excluding carboxylic acids is 4. The van der Waals surface area contributed by atoms with Gasteiger partial charge in [-0.15, -0.1) is 0 Å². The lowest BCUT2D eigenvalue weighted by Gasteiger charge is -2.21. The van der Waals surface area contributed by atoms with Crippen molar-refractivity contribution in [3.63, 3.8) is 0 Å². The molecular formula is C86H168O17P2. The van der Waals surface area contributed by atoms with Crippen LogP contribution in [0.5, 0.6) is 0 Å². The monoisotopic (exact) mass is 1540 g/mol. The first kappa shape index (κ1) is 103. The molecule has 0 rings (SSSR count). The van der Waals surface area contributed by atoms with Gasteiger partial charge in [0.25, 0.3) is 0 Å². The summed E-state index contributed by atoms with van der Waals surface area (Å²) >= 11 is 0. The van der Waals surface area contributed by atoms with Crippen molar-refractivity contribution in [2.45, 2.75) is 465 Å². The minimum Gasteiger partial charge on any atom is -0.462 e. The first-order valence-electron chi connectivity index (χ1n) is 44.2. The van der Waals surface area contributed by atoms with Crippen LogP contribution < -0.4 is 0 Å². The van der Waals surface area contributed by atoms with Crippen LogP contribution >= 0.6 is 15.6 Å². The lowest BCUT2D eigenvalue weighted by Crippen LogP contribution is -2.30. The van der Waals surface area contributed by atoms with Gasteiger partial charge in [0.1, 0.15) is 19.3 Å². The van der Waals surface area contributed by atoms with E-state index in [1.165, 1.54) is 250 Å². The molecule has 0 heterocycles. The average Bonchev–Trinajstić information content (AvgIpc) is 0.944. The van der Waals surface area contributed by atoms with Crippen molar-refractivity contribution in [1.29, 1.82) is 0 Å². The van der Waals surface area contributed by atoms with Gasteiger partial charge in [-0.05, 0) is 49.4 Å². The standard InChI is InChI=1S/C86H168O17P2/c1-9-79(8)65-57-49-41-33-25-19-14-12-10-11-13-15-21-27-35-44-52-60-68-85(90)102-81(72-96-83(88)66-58-50-42-34-26-20-17-16-18-23-30-38-46-54-62-76(2)3)74-100-104(92,93)98-70-80(87)71-99-105(94,95)101-75-82(73-97-84(89)67-59-51-43-37-29-32-40-48-56-64-78(6)7)103-86(91)69-61-53-45-36-28-22-24-31-39-47-55-63-77(4)5/h76-82,87H,9-75H2,1-8H3,(H,92,93)(H,94,95)/t79?,80-,81-,82-/m1/s1. The fourth-order valence-electron chi connectivity index (χ4n) is 13.3. The molecule has 624 valence electrons. The summed E-state index contributed by atoms with van der Waals surface area (Å²) in [5.41, 5.74) is 0. The maximum absolute atomic E-state index is 13.1. The maximum Gasteiger partial charge on any atom is 0.472 e. The van der Waals surface area contributed by atoms with Crippen molar-refractivity contribution in [3.05, 3.63) is 0 Å². The minimum absolute atomic E-state index is 0.106. The quantitative estimate of drug-likeness (QED) is 0.0222. The molecule has 0 amide bonds. The molecule has 0 aromatic carbocycles. The Labute approximate surface area is 645 Å². The summed E-state index contributed by atoms with van der Waals surface area (Å²) in [6, 6.07) is 0. The van der Waals surface area contributed by atoms with E-state index in [0.717, 1.165) is 114 Å². The summed E-state index contributed by atoms with van der Waals surface area (Å²) in [6.45, 7) is 14.4. The molecule has 105 heavy (non-hydrogen) atoms. The molecule has 0 bridgehead atoms. The van der Waals surface area contributed by atoms with E-state index in [4.69, 9.17) is 37.0 Å². The van der Waals surface area contributed by atoms with Crippen molar-refractivity contribution < 1.29 is 80.2 Å². The normalized spacial score (nSPS) is 14.2. The van der Waals surface area contributed by atoms with Crippen molar-refractivity contribution in [3.8, 4) is 0 Å². The molecule has 0 radical (unpaired) electrons. The highest BCUT2D eigenvalue weighted by atomic mass is 31.2. The number of ether oxygens (including phenoxy) is 4. The fourth-order valence-corrected chi connectivity index (χ4v) is 14.9. The fraction of sp³-hybridized carbons (Fsp3) is 0.953. The SMILES string of the molecule is CCC(C)CCCCCCCCCCCCCCCCCCCCC(=O)O[C@H](COC(=O)CCCCCCCCCCCCCCCCC(C)C)COP(=O)(O)OC[C@@H](O)COP(=O)(O)OC[C@@H](COC(=O)CCCCCCCCCCCC(C)C)OC(=O)CCCCCCCCCCCCCC(C)C. The van der Waals surface area contributed by atoms with Gasteiger partial charge in [0, 0.05) is 25.7 Å². The van der Waals surface area contributed by atoms with Crippen molar-refractivity contribution in [2.24, 2.45) is 23.7 Å². The van der Waals surface area contributed by atoms with Gasteiger partial charge in [0.05, 0.1) is 26.4 Å². The van der Waals surface area contributed by atoms with Gasteiger partial charge >= 0.3 is 39.5 Å². The molecule has 0 aliphatic heterocycles. The van der Waals surface area contributed by atoms with Crippen LogP contribution in [-0.2, 0) is 65.4 Å². The second-order valence-electron chi connectivity index (χ2n) is 32.6. The first-order chi connectivity index (χ1) is 50.6. The number of phosphoric acid groups is 2. The Morgan fingerprint density at radius 1 is 0.267 bits per heavy atom. The number of unbranched alkanes of at least 4 members (excludes halogenated alkanes) is 48. The Morgan fingerprint density at radius 3 is 0.676 bits per heavy atom. The Hall–Kier alpha value is -1.94. The molecule has 0 saturated carbocycles. The molecule has 0 aliphatic rings. The van der Waals surface area contributed by atoms with E-state index in [1.54, 1.807) is 0 Å². The predicted molar refractivity (Wildman–Crippen MR) is 432 cm³/mol. The summed E-state index contributed by atoms with van der Waals surface area (Å²) in [4.78, 5) is 73.2. The number of aliphatic hydroxyl groups excluding tert-OH is 1. The van der Waals surface area contributed by atoms with E-state index >= 15 is 0 Å². The largest absolute Gasteiger partial charge is 0.472 e. The van der Waals surface area contributed by atoms with Gasteiger partial charge < -0.3 is 33.8 Å². The molecule has 3 unspecified atom stereocenters. The van der Waals surface area contributed by atoms with Gasteiger partial charge in [0.15, 0.2) is 12.2 Å². The molecular weight excluding hydrogens is 1370 g/mol. The van der Waals surface area contributed by atoms with Gasteiger partial charge in [-0.3, -0.25) is 37.3 Å². The van der Waals surface area contributed by atoms with Crippen LogP contribution in [0.1, 0.15) is 447 Å². The van der Waals surface area contributed by atoms with Crippen molar-refractivity contribution in [1.82, 2.24) is 0 Å². The molecule has 0 aromatic heterocycles. The number of hydrogen-bond donors (Lipinski definition) is 3. The molecule has 0 spiro atoms. The zero-order valence-electron chi connectivity index (χ0n) is 69.4. The highest BCUT2D eigenvalue weighted by Crippen LogP contribution is 2.45. The maximum atomic E-state index is 13.1. The smallest absolute Gasteiger partial charge is 0.462 e. The van der Waals surface area contributed by atoms with Crippen LogP contribution in [0.3, 0.4) is 0 Å². The molecule has 19 heteroatoms. The summed E-state index contributed by atoms with van der Waals surface area (Å²) in [7, 11) is -9.93. The summed E-state index contributed by atoms with van der Waals surface area (Å²) < 4.78 is 68.9. The highest BCUT2D eigenvalue weighted by Gasteiger charge is 2.31. The van der Waals surface area contributed by atoms with Gasteiger partial charge in [-0.1, -0.05) is 396 Å². The number of esters is 4. The summed E-state index contributed by atoms with van der Waals surface area (Å²) in [5, 5.41) is 10.7. The Balaban J connectivity index is 5.25. The van der Waals surface area contributed by atoms with Gasteiger partial charge in [0.2, 0.25) is 0 Å². The van der Waals surface area contributed by atoms with Gasteiger partial charge in [-0.2, -0.15) is 0 Å². The number of carbonyl (C=O) groups is 4. The van der Waals surface area contributed by atoms with E-state index in [1.807, 2.05) is 0 Å². The van der Waals surface area contributed by atoms with Gasteiger partial charge in [-0.25, -0.2) is 9.13 Å². The number of hydrogen-bond acceptors (Lipinski definition) is 15. The number of phosphoric ester groups is 2. The Morgan fingerprint density at radius 2 is 0.457 bits per heavy atom. The Bertz CT molecular complexity index is 2040. The zero-order valence-corrected chi connectivity index (χ0v) is 71.2. The molecule has 17 nitrogen and oxygen atoms in total. The van der Waals surface area contributed by atoms with Crippen LogP contribution in [0.25, 0.3) is 0 Å². The van der Waals surface area contributed by atoms with Crippen LogP contribution in [-0.4, -0.2) is 96.7 Å². The number of rotatable bonds is 83. The third-order valence-electron chi connectivity index (χ3n) is 20.4. The summed E-state index contributed by atoms with van der Waals surface area (Å²) in [5.74, 6) is 1.07. The van der Waals surface area contributed by atoms with Crippen molar-refractivity contribution in [2.75, 3.05) is 39.6 Å². The van der Waals surface area contributed by atoms with E-state index in [-0.39, 0.29) is 25.7 Å². The van der Waals surface area contributed by atoms with Crippen LogP contribution in [0.2, 0.25) is 0 Å². The zero-order chi connectivity index (χ0) is 77.4. The molecule has 3 N–H and O–H groups in total. The average molecular weight is 1540 g/mol. The van der Waals surface area contributed by atoms with Crippen molar-refractivity contribution >= 4 is 39.5 Å². The van der Waals surface area contributed by atoms with E-state index in [2.05, 4.69) is 55.4 Å². The topological polar surface area (TPSA) is 237 Å². The van der Waals surface area contributed by atoms with Crippen LogP contribution in [0.4, 0.5) is 0 Å². The molecule has 0 fully saturated rings. The minimum atomic E-state index is -4.97. The first-order valence-corrected chi connectivity index (χ1v) is 47.2. The van der Waals surface area contributed by atoms with E-state index in [9.17, 15) is 43.2 Å². The van der Waals surface area contributed by atoms with E-state index < -0.39 is 97.5 Å².